The van der Waals surface area contributed by atoms with Gasteiger partial charge in [-0.2, -0.15) is 0 Å². The Balaban J connectivity index is 2.62. The zero-order valence-electron chi connectivity index (χ0n) is 9.63. The molecule has 1 atom stereocenters. The minimum absolute atomic E-state index is 0.0136. The molecule has 0 amide bonds. The van der Waals surface area contributed by atoms with Gasteiger partial charge >= 0.3 is 0 Å². The van der Waals surface area contributed by atoms with Gasteiger partial charge in [-0.3, -0.25) is 4.98 Å². The van der Waals surface area contributed by atoms with E-state index in [1.807, 2.05) is 6.07 Å². The van der Waals surface area contributed by atoms with Crippen LogP contribution in [0.25, 0.3) is 0 Å². The van der Waals surface area contributed by atoms with Gasteiger partial charge in [0, 0.05) is 18.4 Å². The fourth-order valence-corrected chi connectivity index (χ4v) is 1.69. The number of aromatic nitrogens is 1. The summed E-state index contributed by atoms with van der Waals surface area (Å²) in [6, 6.07) is 1.91. The Bertz CT molecular complexity index is 318. The zero-order valence-corrected chi connectivity index (χ0v) is 10.4. The lowest BCUT2D eigenvalue weighted by atomic mass is 9.87. The summed E-state index contributed by atoms with van der Waals surface area (Å²) in [5.74, 6) is 0. The van der Waals surface area contributed by atoms with Gasteiger partial charge < -0.3 is 5.73 Å². The van der Waals surface area contributed by atoms with Crippen molar-refractivity contribution in [1.82, 2.24) is 4.98 Å². The summed E-state index contributed by atoms with van der Waals surface area (Å²) in [6.45, 7) is 6.65. The molecule has 1 aromatic rings. The smallest absolute Gasteiger partial charge is 0.0637 e. The minimum Gasteiger partial charge on any atom is -0.324 e. The Hall–Kier alpha value is -0.600. The van der Waals surface area contributed by atoms with E-state index in [1.165, 1.54) is 0 Å². The summed E-state index contributed by atoms with van der Waals surface area (Å²) in [5, 5.41) is 0.666. The molecule has 0 aliphatic carbocycles. The molecule has 0 saturated heterocycles. The van der Waals surface area contributed by atoms with Crippen molar-refractivity contribution in [2.75, 3.05) is 0 Å². The van der Waals surface area contributed by atoms with Crippen LogP contribution in [0.4, 0.5) is 0 Å². The molecule has 0 fully saturated rings. The highest BCUT2D eigenvalue weighted by molar-refractivity contribution is 6.31. The molecule has 84 valence electrons. The van der Waals surface area contributed by atoms with E-state index in [9.17, 15) is 0 Å². The number of nitrogens with zero attached hydrogens (tertiary/aromatic N) is 1. The lowest BCUT2D eigenvalue weighted by Gasteiger charge is -2.21. The molecule has 1 unspecified atom stereocenters. The van der Waals surface area contributed by atoms with Gasteiger partial charge in [-0.15, -0.1) is 0 Å². The maximum atomic E-state index is 6.09. The lowest BCUT2D eigenvalue weighted by molar-refractivity contribution is 0.350. The van der Waals surface area contributed by atoms with Gasteiger partial charge in [0.15, 0.2) is 0 Å². The molecule has 1 aromatic heterocycles. The molecule has 0 radical (unpaired) electrons. The molecule has 2 nitrogen and oxygen atoms in total. The highest BCUT2D eigenvalue weighted by Gasteiger charge is 2.15. The minimum atomic E-state index is 0.0136. The quantitative estimate of drug-likeness (QED) is 0.856. The van der Waals surface area contributed by atoms with Crippen LogP contribution in [0.3, 0.4) is 0 Å². The molecule has 0 aliphatic heterocycles. The van der Waals surface area contributed by atoms with E-state index < -0.39 is 0 Å². The lowest BCUT2D eigenvalue weighted by Crippen LogP contribution is -2.15. The molecule has 2 N–H and O–H groups in total. The number of hydrogen-bond donors (Lipinski definition) is 1. The van der Waals surface area contributed by atoms with Crippen LogP contribution in [0.1, 0.15) is 45.2 Å². The van der Waals surface area contributed by atoms with Crippen LogP contribution >= 0.6 is 11.6 Å². The Morgan fingerprint density at radius 1 is 1.47 bits per heavy atom. The number of pyridine rings is 1. The zero-order chi connectivity index (χ0) is 11.5. The molecular formula is C12H19ClN2. The van der Waals surface area contributed by atoms with Crippen molar-refractivity contribution < 1.29 is 0 Å². The molecule has 0 bridgehead atoms. The second-order valence-electron chi connectivity index (χ2n) is 5.10. The summed E-state index contributed by atoms with van der Waals surface area (Å²) in [7, 11) is 0. The van der Waals surface area contributed by atoms with Gasteiger partial charge in [0.25, 0.3) is 0 Å². The SMILES string of the molecule is CC(C)(C)CCC(N)c1ccncc1Cl. The Morgan fingerprint density at radius 3 is 2.67 bits per heavy atom. The fourth-order valence-electron chi connectivity index (χ4n) is 1.43. The van der Waals surface area contributed by atoms with Gasteiger partial charge in [-0.1, -0.05) is 32.4 Å². The Morgan fingerprint density at radius 2 is 2.13 bits per heavy atom. The molecule has 15 heavy (non-hydrogen) atoms. The predicted molar refractivity (Wildman–Crippen MR) is 64.9 cm³/mol. The van der Waals surface area contributed by atoms with Crippen molar-refractivity contribution in [2.24, 2.45) is 11.1 Å². The largest absolute Gasteiger partial charge is 0.324 e. The highest BCUT2D eigenvalue weighted by atomic mass is 35.5. The maximum absolute atomic E-state index is 6.09. The van der Waals surface area contributed by atoms with Crippen molar-refractivity contribution in [2.45, 2.75) is 39.7 Å². The van der Waals surface area contributed by atoms with Crippen LogP contribution < -0.4 is 5.73 Å². The van der Waals surface area contributed by atoms with E-state index in [4.69, 9.17) is 17.3 Å². The molecule has 1 heterocycles. The summed E-state index contributed by atoms with van der Waals surface area (Å²) in [4.78, 5) is 3.95. The van der Waals surface area contributed by atoms with Crippen molar-refractivity contribution in [3.63, 3.8) is 0 Å². The number of halogens is 1. The van der Waals surface area contributed by atoms with E-state index in [1.54, 1.807) is 12.4 Å². The first kappa shape index (κ1) is 12.5. The third-order valence-corrected chi connectivity index (χ3v) is 2.72. The van der Waals surface area contributed by atoms with Gasteiger partial charge in [0.1, 0.15) is 0 Å². The third-order valence-electron chi connectivity index (χ3n) is 2.41. The predicted octanol–water partition coefficient (Wildman–Crippen LogP) is 3.56. The normalized spacial score (nSPS) is 13.9. The van der Waals surface area contributed by atoms with Crippen molar-refractivity contribution >= 4 is 11.6 Å². The summed E-state index contributed by atoms with van der Waals surface area (Å²) >= 11 is 6.03. The second-order valence-corrected chi connectivity index (χ2v) is 5.51. The van der Waals surface area contributed by atoms with E-state index in [-0.39, 0.29) is 6.04 Å². The standard InChI is InChI=1S/C12H19ClN2/c1-12(2,3)6-4-11(14)9-5-7-15-8-10(9)13/h5,7-8,11H,4,6,14H2,1-3H3. The third kappa shape index (κ3) is 4.18. The van der Waals surface area contributed by atoms with Crippen LogP contribution in [0.5, 0.6) is 0 Å². The van der Waals surface area contributed by atoms with E-state index in [0.29, 0.717) is 10.4 Å². The average Bonchev–Trinajstić information content (AvgIpc) is 2.14. The summed E-state index contributed by atoms with van der Waals surface area (Å²) in [5.41, 5.74) is 7.40. The molecule has 0 spiro atoms. The molecule has 0 saturated carbocycles. The highest BCUT2D eigenvalue weighted by Crippen LogP contribution is 2.28. The molecule has 0 aliphatic rings. The van der Waals surface area contributed by atoms with Gasteiger partial charge in [0.2, 0.25) is 0 Å². The molecule has 0 aromatic carbocycles. The molecule has 1 rings (SSSR count). The average molecular weight is 227 g/mol. The first-order valence-electron chi connectivity index (χ1n) is 5.25. The maximum Gasteiger partial charge on any atom is 0.0637 e. The number of rotatable bonds is 3. The van der Waals surface area contributed by atoms with E-state index in [2.05, 4.69) is 25.8 Å². The number of nitrogens with two attached hydrogens (primary N) is 1. The van der Waals surface area contributed by atoms with Crippen LogP contribution in [0, 0.1) is 5.41 Å². The van der Waals surface area contributed by atoms with Crippen LogP contribution in [0.2, 0.25) is 5.02 Å². The number of hydrogen-bond acceptors (Lipinski definition) is 2. The van der Waals surface area contributed by atoms with E-state index >= 15 is 0 Å². The first-order valence-corrected chi connectivity index (χ1v) is 5.63. The fraction of sp³-hybridized carbons (Fsp3) is 0.583. The van der Waals surface area contributed by atoms with E-state index in [0.717, 1.165) is 18.4 Å². The van der Waals surface area contributed by atoms with Crippen LogP contribution in [-0.2, 0) is 0 Å². The first-order chi connectivity index (χ1) is 6.90. The van der Waals surface area contributed by atoms with Crippen molar-refractivity contribution in [3.8, 4) is 0 Å². The van der Waals surface area contributed by atoms with Gasteiger partial charge in [-0.05, 0) is 29.9 Å². The summed E-state index contributed by atoms with van der Waals surface area (Å²) < 4.78 is 0. The van der Waals surface area contributed by atoms with Crippen LogP contribution in [0.15, 0.2) is 18.5 Å². The van der Waals surface area contributed by atoms with Gasteiger partial charge in [-0.25, -0.2) is 0 Å². The summed E-state index contributed by atoms with van der Waals surface area (Å²) in [6.07, 6.45) is 5.42. The Labute approximate surface area is 96.8 Å². The Kier molecular flexibility index (Phi) is 4.12. The van der Waals surface area contributed by atoms with Crippen molar-refractivity contribution in [1.29, 1.82) is 0 Å². The van der Waals surface area contributed by atoms with Crippen LogP contribution in [-0.4, -0.2) is 4.98 Å². The van der Waals surface area contributed by atoms with Crippen molar-refractivity contribution in [3.05, 3.63) is 29.0 Å². The second kappa shape index (κ2) is 4.95. The molecule has 3 heteroatoms. The monoisotopic (exact) mass is 226 g/mol. The van der Waals surface area contributed by atoms with Gasteiger partial charge in [0.05, 0.1) is 5.02 Å². The molecular weight excluding hydrogens is 208 g/mol. The topological polar surface area (TPSA) is 38.9 Å².